The Hall–Kier alpha value is -4.01. The summed E-state index contributed by atoms with van der Waals surface area (Å²) in [4.78, 5) is 22.0. The van der Waals surface area contributed by atoms with Crippen LogP contribution in [0.25, 0.3) is 5.82 Å². The SMILES string of the molecule is C=C1/C=C\C(Nc2ncc(C)c(-n3ccc(C(=O)NC(CO)c4ccccc4)c3)n2)=C/COCCC1. The minimum atomic E-state index is -0.489. The van der Waals surface area contributed by atoms with Gasteiger partial charge in [-0.25, -0.2) is 4.98 Å². The van der Waals surface area contributed by atoms with Crippen molar-refractivity contribution in [2.75, 3.05) is 25.1 Å². The number of nitrogens with one attached hydrogen (secondary N) is 2. The standard InChI is InChI=1S/C28H31N5O3/c1-20-7-6-15-36-16-13-24(11-10-20)30-28-29-17-21(2)26(32-28)33-14-12-23(18-33)27(35)31-25(19-34)22-8-4-3-5-9-22/h3-5,8-14,17-18,25,34H,1,6-7,15-16,19H2,2H3,(H,31,35)(H,29,30,32)/b11-10-,24-13+. The van der Waals surface area contributed by atoms with Crippen LogP contribution in [-0.4, -0.2) is 45.4 Å². The summed E-state index contributed by atoms with van der Waals surface area (Å²) in [6.07, 6.45) is 13.0. The summed E-state index contributed by atoms with van der Waals surface area (Å²) in [6, 6.07) is 10.6. The number of amides is 1. The molecule has 0 saturated heterocycles. The van der Waals surface area contributed by atoms with Crippen LogP contribution in [0.4, 0.5) is 5.95 Å². The van der Waals surface area contributed by atoms with Crippen LogP contribution in [0, 0.1) is 6.92 Å². The predicted octanol–water partition coefficient (Wildman–Crippen LogP) is 4.26. The molecule has 0 fully saturated rings. The lowest BCUT2D eigenvalue weighted by Crippen LogP contribution is -2.30. The first-order valence-electron chi connectivity index (χ1n) is 11.9. The molecule has 0 radical (unpaired) electrons. The molecule has 3 aromatic rings. The van der Waals surface area contributed by atoms with E-state index < -0.39 is 6.04 Å². The number of benzene rings is 1. The second-order valence-corrected chi connectivity index (χ2v) is 8.58. The monoisotopic (exact) mass is 485 g/mol. The van der Waals surface area contributed by atoms with E-state index >= 15 is 0 Å². The van der Waals surface area contributed by atoms with E-state index in [4.69, 9.17) is 4.74 Å². The lowest BCUT2D eigenvalue weighted by Gasteiger charge is -2.16. The van der Waals surface area contributed by atoms with Crippen molar-refractivity contribution in [2.45, 2.75) is 25.8 Å². The van der Waals surface area contributed by atoms with E-state index in [-0.39, 0.29) is 12.5 Å². The Bertz CT molecular complexity index is 1260. The van der Waals surface area contributed by atoms with Gasteiger partial charge in [-0.1, -0.05) is 48.6 Å². The Morgan fingerprint density at radius 1 is 1.25 bits per heavy atom. The molecule has 1 amide bonds. The van der Waals surface area contributed by atoms with Gasteiger partial charge in [-0.3, -0.25) is 4.79 Å². The van der Waals surface area contributed by atoms with Gasteiger partial charge in [0, 0.05) is 36.5 Å². The number of rotatable bonds is 7. The highest BCUT2D eigenvalue weighted by Gasteiger charge is 2.17. The molecule has 0 spiro atoms. The average molecular weight is 486 g/mol. The molecule has 8 heteroatoms. The van der Waals surface area contributed by atoms with Crippen LogP contribution < -0.4 is 10.6 Å². The molecule has 186 valence electrons. The molecule has 3 heterocycles. The van der Waals surface area contributed by atoms with Gasteiger partial charge in [0.25, 0.3) is 5.91 Å². The normalized spacial score (nSPS) is 17.5. The van der Waals surface area contributed by atoms with E-state index in [1.807, 2.05) is 55.5 Å². The molecule has 1 aromatic carbocycles. The summed E-state index contributed by atoms with van der Waals surface area (Å²) >= 11 is 0. The van der Waals surface area contributed by atoms with E-state index in [1.54, 1.807) is 29.2 Å². The Kier molecular flexibility index (Phi) is 8.44. The van der Waals surface area contributed by atoms with Crippen molar-refractivity contribution in [3.05, 3.63) is 108 Å². The van der Waals surface area contributed by atoms with Gasteiger partial charge in [0.2, 0.25) is 5.95 Å². The third kappa shape index (κ3) is 6.56. The minimum Gasteiger partial charge on any atom is -0.394 e. The number of aryl methyl sites for hydroxylation is 1. The minimum absolute atomic E-state index is 0.195. The summed E-state index contributed by atoms with van der Waals surface area (Å²) in [5.41, 5.74) is 4.01. The molecule has 1 atom stereocenters. The number of hydrogen-bond donors (Lipinski definition) is 3. The van der Waals surface area contributed by atoms with Crippen molar-refractivity contribution in [3.63, 3.8) is 0 Å². The molecule has 3 N–H and O–H groups in total. The maximum atomic E-state index is 12.9. The van der Waals surface area contributed by atoms with E-state index in [2.05, 4.69) is 27.2 Å². The number of aliphatic hydroxyl groups is 1. The van der Waals surface area contributed by atoms with E-state index in [9.17, 15) is 9.90 Å². The van der Waals surface area contributed by atoms with Crippen LogP contribution >= 0.6 is 0 Å². The molecular weight excluding hydrogens is 454 g/mol. The van der Waals surface area contributed by atoms with Crippen LogP contribution in [0.1, 0.15) is 40.4 Å². The third-order valence-corrected chi connectivity index (χ3v) is 5.80. The summed E-state index contributed by atoms with van der Waals surface area (Å²) < 4.78 is 7.43. The number of carbonyl (C=O) groups excluding carboxylic acids is 1. The molecule has 2 aromatic heterocycles. The van der Waals surface area contributed by atoms with Gasteiger partial charge in [-0.2, -0.15) is 4.98 Å². The van der Waals surface area contributed by atoms with Crippen molar-refractivity contribution >= 4 is 11.9 Å². The maximum absolute atomic E-state index is 12.9. The topological polar surface area (TPSA) is 101 Å². The van der Waals surface area contributed by atoms with Gasteiger partial charge in [-0.05, 0) is 43.5 Å². The van der Waals surface area contributed by atoms with Crippen molar-refractivity contribution in [1.29, 1.82) is 0 Å². The summed E-state index contributed by atoms with van der Waals surface area (Å²) in [5, 5.41) is 15.9. The van der Waals surface area contributed by atoms with Crippen molar-refractivity contribution < 1.29 is 14.6 Å². The van der Waals surface area contributed by atoms with Crippen LogP contribution in [0.2, 0.25) is 0 Å². The zero-order valence-corrected chi connectivity index (χ0v) is 20.4. The van der Waals surface area contributed by atoms with E-state index in [0.29, 0.717) is 30.5 Å². The predicted molar refractivity (Wildman–Crippen MR) is 140 cm³/mol. The van der Waals surface area contributed by atoms with Gasteiger partial charge in [0.05, 0.1) is 24.8 Å². The first-order valence-corrected chi connectivity index (χ1v) is 11.9. The van der Waals surface area contributed by atoms with Crippen molar-refractivity contribution in [1.82, 2.24) is 19.9 Å². The van der Waals surface area contributed by atoms with Crippen molar-refractivity contribution in [3.8, 4) is 5.82 Å². The Balaban J connectivity index is 1.50. The lowest BCUT2D eigenvalue weighted by molar-refractivity contribution is 0.0916. The number of carbonyl (C=O) groups is 1. The number of ether oxygens (including phenoxy) is 1. The number of aliphatic hydroxyl groups excluding tert-OH is 1. The Labute approximate surface area is 211 Å². The smallest absolute Gasteiger partial charge is 0.253 e. The second-order valence-electron chi connectivity index (χ2n) is 8.58. The first kappa shape index (κ1) is 25.1. The quantitative estimate of drug-likeness (QED) is 0.462. The van der Waals surface area contributed by atoms with Gasteiger partial charge in [-0.15, -0.1) is 0 Å². The van der Waals surface area contributed by atoms with Gasteiger partial charge >= 0.3 is 0 Å². The van der Waals surface area contributed by atoms with Gasteiger partial charge in [0.1, 0.15) is 5.82 Å². The van der Waals surface area contributed by atoms with Crippen LogP contribution in [0.5, 0.6) is 0 Å². The van der Waals surface area contributed by atoms with Gasteiger partial charge in [0.15, 0.2) is 0 Å². The van der Waals surface area contributed by atoms with E-state index in [0.717, 1.165) is 35.2 Å². The van der Waals surface area contributed by atoms with E-state index in [1.165, 1.54) is 0 Å². The summed E-state index contributed by atoms with van der Waals surface area (Å²) in [6.45, 7) is 6.97. The molecule has 4 rings (SSSR count). The second kappa shape index (κ2) is 12.1. The highest BCUT2D eigenvalue weighted by Crippen LogP contribution is 2.18. The molecule has 1 aliphatic rings. The fraction of sp³-hybridized carbons (Fsp3) is 0.250. The fourth-order valence-corrected chi connectivity index (χ4v) is 3.79. The average Bonchev–Trinajstić information content (AvgIpc) is 3.39. The number of allylic oxidation sites excluding steroid dienone is 3. The Morgan fingerprint density at radius 3 is 2.89 bits per heavy atom. The third-order valence-electron chi connectivity index (χ3n) is 5.80. The highest BCUT2D eigenvalue weighted by molar-refractivity contribution is 5.94. The molecular formula is C28H31N5O3. The summed E-state index contributed by atoms with van der Waals surface area (Å²) in [7, 11) is 0. The number of anilines is 1. The van der Waals surface area contributed by atoms with Crippen LogP contribution in [-0.2, 0) is 4.74 Å². The Morgan fingerprint density at radius 2 is 2.08 bits per heavy atom. The molecule has 1 unspecified atom stereocenters. The number of hydrogen-bond acceptors (Lipinski definition) is 6. The van der Waals surface area contributed by atoms with Crippen LogP contribution in [0.15, 0.2) is 91.1 Å². The molecule has 1 aliphatic heterocycles. The number of nitrogens with zero attached hydrogens (tertiary/aromatic N) is 3. The molecule has 0 aliphatic carbocycles. The molecule has 8 nitrogen and oxygen atoms in total. The van der Waals surface area contributed by atoms with Crippen molar-refractivity contribution in [2.24, 2.45) is 0 Å². The first-order chi connectivity index (χ1) is 17.5. The number of aromatic nitrogens is 3. The molecule has 0 saturated carbocycles. The zero-order chi connectivity index (χ0) is 25.3. The molecule has 0 bridgehead atoms. The van der Waals surface area contributed by atoms with Crippen LogP contribution in [0.3, 0.4) is 0 Å². The largest absolute Gasteiger partial charge is 0.394 e. The van der Waals surface area contributed by atoms with Gasteiger partial charge < -0.3 is 25.0 Å². The molecule has 36 heavy (non-hydrogen) atoms. The highest BCUT2D eigenvalue weighted by atomic mass is 16.5. The maximum Gasteiger partial charge on any atom is 0.253 e. The zero-order valence-electron chi connectivity index (χ0n) is 20.4. The fourth-order valence-electron chi connectivity index (χ4n) is 3.79. The lowest BCUT2D eigenvalue weighted by atomic mass is 10.1. The summed E-state index contributed by atoms with van der Waals surface area (Å²) in [5.74, 6) is 0.801.